The van der Waals surface area contributed by atoms with Crippen LogP contribution in [0.5, 0.6) is 0 Å². The van der Waals surface area contributed by atoms with Crippen LogP contribution in [-0.4, -0.2) is 12.2 Å². The molecular weight excluding hydrogens is 421 g/mol. The van der Waals surface area contributed by atoms with E-state index >= 15 is 0 Å². The third-order valence-corrected chi connectivity index (χ3v) is 7.45. The van der Waals surface area contributed by atoms with Crippen molar-refractivity contribution >= 4 is 0 Å². The molecule has 149 valence electrons. The summed E-state index contributed by atoms with van der Waals surface area (Å²) in [6.07, 6.45) is -1.77. The van der Waals surface area contributed by atoms with Gasteiger partial charge in [0.2, 0.25) is 0 Å². The average Bonchev–Trinajstić information content (AvgIpc) is 2.63. The molecule has 3 heteroatoms. The largest absolute Gasteiger partial charge is 0.851 e. The zero-order valence-corrected chi connectivity index (χ0v) is 21.5. The van der Waals surface area contributed by atoms with E-state index in [9.17, 15) is 10.2 Å². The Kier molecular flexibility index (Phi) is 7.04. The maximum absolute atomic E-state index is 13.4. The van der Waals surface area contributed by atoms with E-state index in [2.05, 4.69) is 40.7 Å². The van der Waals surface area contributed by atoms with Crippen LogP contribution >= 0.6 is 0 Å². The van der Waals surface area contributed by atoms with Gasteiger partial charge in [0.15, 0.2) is 0 Å². The first-order valence-electron chi connectivity index (χ1n) is 9.88. The van der Waals surface area contributed by atoms with E-state index in [1.54, 1.807) is 0 Å². The van der Waals surface area contributed by atoms with E-state index in [0.717, 1.165) is 44.5 Å². The van der Waals surface area contributed by atoms with Gasteiger partial charge in [-0.05, 0) is 73.9 Å². The van der Waals surface area contributed by atoms with Gasteiger partial charge in [-0.3, -0.25) is 0 Å². The summed E-state index contributed by atoms with van der Waals surface area (Å²) in [5.74, 6) is -0.903. The summed E-state index contributed by atoms with van der Waals surface area (Å²) in [6.45, 7) is 18.5. The first-order chi connectivity index (χ1) is 12.5. The summed E-state index contributed by atoms with van der Waals surface area (Å²) in [7, 11) is 0. The monoisotopic (exact) mass is 452 g/mol. The molecule has 3 rings (SSSR count). The van der Waals surface area contributed by atoms with Crippen molar-refractivity contribution in [1.82, 2.24) is 0 Å². The molecule has 0 N–H and O–H groups in total. The fourth-order valence-electron chi connectivity index (χ4n) is 5.02. The van der Waals surface area contributed by atoms with Gasteiger partial charge in [0.05, 0.1) is 0 Å². The summed E-state index contributed by atoms with van der Waals surface area (Å²) in [5, 5.41) is 26.8. The normalized spacial score (nSPS) is 24.0. The molecule has 0 heterocycles. The molecule has 0 aromatic heterocycles. The molecule has 1 fully saturated rings. The zero-order valence-electron chi connectivity index (χ0n) is 18.7. The van der Waals surface area contributed by atoms with Crippen LogP contribution in [-0.2, 0) is 32.7 Å². The molecule has 2 atom stereocenters. The Labute approximate surface area is 195 Å². The Morgan fingerprint density at radius 1 is 0.500 bits per heavy atom. The summed E-state index contributed by atoms with van der Waals surface area (Å²) < 4.78 is 0. The van der Waals surface area contributed by atoms with Gasteiger partial charge in [0.25, 0.3) is 0 Å². The molecule has 2 unspecified atom stereocenters. The topological polar surface area (TPSA) is 46.1 Å². The second-order valence-electron chi connectivity index (χ2n) is 8.56. The molecule has 0 spiro atoms. The van der Waals surface area contributed by atoms with Crippen molar-refractivity contribution in [2.45, 2.75) is 86.4 Å². The third-order valence-electron chi connectivity index (χ3n) is 7.45. The van der Waals surface area contributed by atoms with Crippen LogP contribution in [0.25, 0.3) is 0 Å². The Bertz CT molecular complexity index is 864. The number of aryl methyl sites for hydroxylation is 2. The molecular formula is C25H31O2Y-3. The van der Waals surface area contributed by atoms with E-state index in [0.29, 0.717) is 0 Å². The quantitative estimate of drug-likeness (QED) is 0.654. The van der Waals surface area contributed by atoms with Crippen LogP contribution in [0.3, 0.4) is 0 Å². The standard InChI is InChI=1S/C25H31O2.Y/c1-11-10-12(2)14(4)20(13(11)3)22-24(26)23(25(22)27)21-18(8)16(6)15(5)17(7)19(21)9;/h22-25H,1-9H3;/q-3;. The van der Waals surface area contributed by atoms with E-state index in [4.69, 9.17) is 0 Å². The minimum absolute atomic E-state index is 0. The smallest absolute Gasteiger partial charge is 0 e. The number of hydrogen-bond donors (Lipinski definition) is 0. The van der Waals surface area contributed by atoms with E-state index in [-0.39, 0.29) is 32.7 Å². The van der Waals surface area contributed by atoms with Crippen LogP contribution in [0.1, 0.15) is 73.0 Å². The molecule has 1 aliphatic rings. The Balaban J connectivity index is 0.00000280. The van der Waals surface area contributed by atoms with Crippen molar-refractivity contribution in [3.63, 3.8) is 0 Å². The predicted molar refractivity (Wildman–Crippen MR) is 107 cm³/mol. The molecule has 0 saturated heterocycles. The minimum atomic E-state index is -0.884. The van der Waals surface area contributed by atoms with Crippen molar-refractivity contribution in [3.05, 3.63) is 67.3 Å². The van der Waals surface area contributed by atoms with Crippen molar-refractivity contribution < 1.29 is 42.9 Å². The molecule has 1 saturated carbocycles. The Morgan fingerprint density at radius 3 is 1.14 bits per heavy atom. The molecule has 2 aromatic carbocycles. The zero-order chi connectivity index (χ0) is 20.4. The Hall–Kier alpha value is -0.536. The van der Waals surface area contributed by atoms with Gasteiger partial charge < -0.3 is 10.2 Å². The van der Waals surface area contributed by atoms with Gasteiger partial charge in [-0.2, -0.15) is 33.9 Å². The second kappa shape index (κ2) is 8.30. The first-order valence-corrected chi connectivity index (χ1v) is 9.88. The van der Waals surface area contributed by atoms with Crippen molar-refractivity contribution in [2.75, 3.05) is 0 Å². The maximum Gasteiger partial charge on any atom is 0 e. The van der Waals surface area contributed by atoms with E-state index < -0.39 is 24.0 Å². The van der Waals surface area contributed by atoms with Crippen LogP contribution in [0, 0.1) is 68.4 Å². The van der Waals surface area contributed by atoms with Crippen LogP contribution < -0.4 is 10.2 Å². The van der Waals surface area contributed by atoms with Gasteiger partial charge in [0.1, 0.15) is 0 Å². The summed E-state index contributed by atoms with van der Waals surface area (Å²) in [4.78, 5) is 0. The van der Waals surface area contributed by atoms with Crippen LogP contribution in [0.15, 0.2) is 0 Å². The van der Waals surface area contributed by atoms with Crippen molar-refractivity contribution in [2.24, 2.45) is 0 Å². The number of rotatable bonds is 2. The molecule has 0 bridgehead atoms. The molecule has 2 nitrogen and oxygen atoms in total. The van der Waals surface area contributed by atoms with Gasteiger partial charge in [-0.1, -0.05) is 33.6 Å². The van der Waals surface area contributed by atoms with Crippen LogP contribution in [0.2, 0.25) is 0 Å². The molecule has 1 radical (unpaired) electrons. The van der Waals surface area contributed by atoms with E-state index in [1.807, 2.05) is 27.7 Å². The van der Waals surface area contributed by atoms with Crippen molar-refractivity contribution in [1.29, 1.82) is 0 Å². The molecule has 0 amide bonds. The predicted octanol–water partition coefficient (Wildman–Crippen LogP) is 3.60. The van der Waals surface area contributed by atoms with Gasteiger partial charge in [0, 0.05) is 32.7 Å². The SMILES string of the molecule is Cc1[c-]c(C)c(C)c(C2C([O-])C(c3c(C)c(C)c(C)c(C)c3C)C2[O-])c1C.[Y]. The summed E-state index contributed by atoms with van der Waals surface area (Å²) >= 11 is 0. The van der Waals surface area contributed by atoms with Gasteiger partial charge in [-0.25, -0.2) is 0 Å². The van der Waals surface area contributed by atoms with Gasteiger partial charge >= 0.3 is 0 Å². The number of benzene rings is 2. The second-order valence-corrected chi connectivity index (χ2v) is 8.56. The Morgan fingerprint density at radius 2 is 0.786 bits per heavy atom. The number of hydrogen-bond acceptors (Lipinski definition) is 2. The molecule has 2 aromatic rings. The molecule has 28 heavy (non-hydrogen) atoms. The van der Waals surface area contributed by atoms with Gasteiger partial charge in [-0.15, -0.1) is 12.2 Å². The minimum Gasteiger partial charge on any atom is -0.851 e. The summed E-state index contributed by atoms with van der Waals surface area (Å²) in [6, 6.07) is 3.36. The van der Waals surface area contributed by atoms with Crippen LogP contribution in [0.4, 0.5) is 0 Å². The first kappa shape index (κ1) is 23.7. The fourth-order valence-corrected chi connectivity index (χ4v) is 5.02. The average molecular weight is 452 g/mol. The maximum atomic E-state index is 13.4. The molecule has 1 aliphatic carbocycles. The van der Waals surface area contributed by atoms with E-state index in [1.165, 1.54) is 16.7 Å². The molecule has 0 aliphatic heterocycles. The third kappa shape index (κ3) is 3.35. The fraction of sp³-hybridized carbons (Fsp3) is 0.520. The van der Waals surface area contributed by atoms with Crippen molar-refractivity contribution in [3.8, 4) is 0 Å². The summed E-state index contributed by atoms with van der Waals surface area (Å²) in [5.41, 5.74) is 12.2.